The fourth-order valence-electron chi connectivity index (χ4n) is 2.87. The van der Waals surface area contributed by atoms with Crippen molar-refractivity contribution in [3.8, 4) is 0 Å². The molecule has 5 nitrogen and oxygen atoms in total. The Balaban J connectivity index is 2.14. The van der Waals surface area contributed by atoms with Crippen LogP contribution in [-0.4, -0.2) is 21.5 Å². The van der Waals surface area contributed by atoms with Gasteiger partial charge in [0, 0.05) is 12.1 Å². The van der Waals surface area contributed by atoms with E-state index in [1.165, 1.54) is 0 Å². The maximum Gasteiger partial charge on any atom is 0.244 e. The third kappa shape index (κ3) is 3.42. The van der Waals surface area contributed by atoms with Gasteiger partial charge < -0.3 is 9.73 Å². The molecular formula is C14H24N2O3S. The van der Waals surface area contributed by atoms with Gasteiger partial charge in [-0.2, -0.15) is 0 Å². The van der Waals surface area contributed by atoms with E-state index in [1.807, 2.05) is 0 Å². The van der Waals surface area contributed by atoms with Gasteiger partial charge in [0.1, 0.15) is 16.4 Å². The van der Waals surface area contributed by atoms with Crippen molar-refractivity contribution >= 4 is 10.0 Å². The van der Waals surface area contributed by atoms with Crippen LogP contribution < -0.4 is 10.0 Å². The molecule has 1 aromatic rings. The second-order valence-electron chi connectivity index (χ2n) is 6.39. The van der Waals surface area contributed by atoms with Crippen molar-refractivity contribution in [2.75, 3.05) is 7.05 Å². The summed E-state index contributed by atoms with van der Waals surface area (Å²) in [5, 5.41) is 2.95. The van der Waals surface area contributed by atoms with Crippen molar-refractivity contribution in [2.24, 2.45) is 5.41 Å². The average molecular weight is 300 g/mol. The molecule has 1 fully saturated rings. The van der Waals surface area contributed by atoms with E-state index in [0.29, 0.717) is 18.1 Å². The van der Waals surface area contributed by atoms with E-state index < -0.39 is 10.0 Å². The van der Waals surface area contributed by atoms with Crippen molar-refractivity contribution in [1.29, 1.82) is 0 Å². The van der Waals surface area contributed by atoms with Gasteiger partial charge in [0.25, 0.3) is 0 Å². The number of hydrogen-bond donors (Lipinski definition) is 2. The van der Waals surface area contributed by atoms with Gasteiger partial charge in [-0.25, -0.2) is 13.1 Å². The number of furan rings is 1. The Kier molecular flexibility index (Phi) is 4.27. The molecule has 20 heavy (non-hydrogen) atoms. The number of sulfonamides is 1. The van der Waals surface area contributed by atoms with Crippen LogP contribution in [0.25, 0.3) is 0 Å². The highest BCUT2D eigenvalue weighted by atomic mass is 32.2. The monoisotopic (exact) mass is 300 g/mol. The van der Waals surface area contributed by atoms with E-state index >= 15 is 0 Å². The van der Waals surface area contributed by atoms with Crippen molar-refractivity contribution in [3.05, 3.63) is 17.6 Å². The Labute approximate surface area is 121 Å². The summed E-state index contributed by atoms with van der Waals surface area (Å²) >= 11 is 0. The molecule has 0 aromatic carbocycles. The van der Waals surface area contributed by atoms with Gasteiger partial charge in [-0.15, -0.1) is 0 Å². The van der Waals surface area contributed by atoms with Crippen molar-refractivity contribution in [1.82, 2.24) is 10.0 Å². The molecule has 1 heterocycles. The van der Waals surface area contributed by atoms with E-state index in [0.717, 1.165) is 19.3 Å². The van der Waals surface area contributed by atoms with Crippen LogP contribution in [0.3, 0.4) is 0 Å². The first kappa shape index (κ1) is 15.5. The number of aryl methyl sites for hydroxylation is 1. The first-order valence-electron chi connectivity index (χ1n) is 7.00. The molecular weight excluding hydrogens is 276 g/mol. The van der Waals surface area contributed by atoms with E-state index in [-0.39, 0.29) is 16.4 Å². The summed E-state index contributed by atoms with van der Waals surface area (Å²) in [6.45, 7) is 6.56. The molecule has 0 radical (unpaired) electrons. The van der Waals surface area contributed by atoms with Gasteiger partial charge in [0.2, 0.25) is 10.0 Å². The number of nitrogens with one attached hydrogen (secondary N) is 2. The number of hydrogen-bond acceptors (Lipinski definition) is 4. The van der Waals surface area contributed by atoms with E-state index in [2.05, 4.69) is 23.9 Å². The highest BCUT2D eigenvalue weighted by molar-refractivity contribution is 7.89. The van der Waals surface area contributed by atoms with Crippen LogP contribution in [0.15, 0.2) is 15.4 Å². The van der Waals surface area contributed by atoms with Crippen molar-refractivity contribution in [3.63, 3.8) is 0 Å². The molecule has 0 saturated heterocycles. The Morgan fingerprint density at radius 2 is 2.15 bits per heavy atom. The Morgan fingerprint density at radius 1 is 1.45 bits per heavy atom. The van der Waals surface area contributed by atoms with Gasteiger partial charge in [-0.3, -0.25) is 0 Å². The molecule has 1 aliphatic rings. The maximum absolute atomic E-state index is 12.4. The summed E-state index contributed by atoms with van der Waals surface area (Å²) in [5.41, 5.74) is 0.218. The van der Waals surface area contributed by atoms with E-state index in [4.69, 9.17) is 4.42 Å². The standard InChI is InChI=1S/C14H24N2O3S/c1-10-13(7-12(19-10)9-15-4)20(17,18)16-11-5-6-14(2,3)8-11/h7,11,15-16H,5-6,8-9H2,1-4H3. The lowest BCUT2D eigenvalue weighted by Gasteiger charge is -2.17. The van der Waals surface area contributed by atoms with Crippen LogP contribution >= 0.6 is 0 Å². The maximum atomic E-state index is 12.4. The molecule has 6 heteroatoms. The van der Waals surface area contributed by atoms with Gasteiger partial charge in [-0.05, 0) is 38.6 Å². The molecule has 114 valence electrons. The SMILES string of the molecule is CNCc1cc(S(=O)(=O)NC2CCC(C)(C)C2)c(C)o1. The smallest absolute Gasteiger partial charge is 0.244 e. The predicted molar refractivity (Wildman–Crippen MR) is 78.0 cm³/mol. The lowest BCUT2D eigenvalue weighted by Crippen LogP contribution is -2.33. The van der Waals surface area contributed by atoms with E-state index in [9.17, 15) is 8.42 Å². The van der Waals surface area contributed by atoms with Crippen molar-refractivity contribution in [2.45, 2.75) is 57.5 Å². The second-order valence-corrected chi connectivity index (χ2v) is 8.07. The fourth-order valence-corrected chi connectivity index (χ4v) is 4.35. The molecule has 1 saturated carbocycles. The van der Waals surface area contributed by atoms with Crippen LogP contribution in [-0.2, 0) is 16.6 Å². The Morgan fingerprint density at radius 3 is 2.70 bits per heavy atom. The van der Waals surface area contributed by atoms with Crippen molar-refractivity contribution < 1.29 is 12.8 Å². The second kappa shape index (κ2) is 5.50. The first-order valence-corrected chi connectivity index (χ1v) is 8.48. The highest BCUT2D eigenvalue weighted by Gasteiger charge is 2.34. The van der Waals surface area contributed by atoms with Gasteiger partial charge in [0.05, 0.1) is 6.54 Å². The fraction of sp³-hybridized carbons (Fsp3) is 0.714. The predicted octanol–water partition coefficient (Wildman–Crippen LogP) is 2.16. The summed E-state index contributed by atoms with van der Waals surface area (Å²) in [6, 6.07) is 1.63. The topological polar surface area (TPSA) is 71.3 Å². The summed E-state index contributed by atoms with van der Waals surface area (Å²) in [4.78, 5) is 0.257. The molecule has 1 atom stereocenters. The molecule has 2 rings (SSSR count). The molecule has 2 N–H and O–H groups in total. The molecule has 0 aliphatic heterocycles. The zero-order chi connectivity index (χ0) is 15.0. The normalized spacial score (nSPS) is 22.3. The Hall–Kier alpha value is -0.850. The largest absolute Gasteiger partial charge is 0.464 e. The summed E-state index contributed by atoms with van der Waals surface area (Å²) in [7, 11) is -1.70. The minimum absolute atomic E-state index is 0.0250. The third-order valence-corrected chi connectivity index (χ3v) is 5.48. The van der Waals surface area contributed by atoms with Crippen LogP contribution in [0.2, 0.25) is 0 Å². The molecule has 0 bridgehead atoms. The molecule has 0 spiro atoms. The molecule has 0 amide bonds. The summed E-state index contributed by atoms with van der Waals surface area (Å²) in [6.07, 6.45) is 2.83. The number of rotatable bonds is 5. The molecule has 1 aliphatic carbocycles. The zero-order valence-electron chi connectivity index (χ0n) is 12.6. The summed E-state index contributed by atoms with van der Waals surface area (Å²) in [5.74, 6) is 1.08. The minimum atomic E-state index is -3.49. The van der Waals surface area contributed by atoms with Crippen LogP contribution in [0.4, 0.5) is 0 Å². The average Bonchev–Trinajstić information content (AvgIpc) is 2.82. The van der Waals surface area contributed by atoms with Gasteiger partial charge in [-0.1, -0.05) is 13.8 Å². The van der Waals surface area contributed by atoms with Crippen LogP contribution in [0.1, 0.15) is 44.6 Å². The first-order chi connectivity index (χ1) is 9.23. The van der Waals surface area contributed by atoms with Gasteiger partial charge >= 0.3 is 0 Å². The van der Waals surface area contributed by atoms with Crippen LogP contribution in [0, 0.1) is 12.3 Å². The lowest BCUT2D eigenvalue weighted by molar-refractivity contribution is 0.372. The summed E-state index contributed by atoms with van der Waals surface area (Å²) < 4.78 is 33.2. The Bertz CT molecular complexity index is 575. The quantitative estimate of drug-likeness (QED) is 0.874. The zero-order valence-corrected chi connectivity index (χ0v) is 13.4. The highest BCUT2D eigenvalue weighted by Crippen LogP contribution is 2.37. The molecule has 1 aromatic heterocycles. The molecule has 1 unspecified atom stereocenters. The third-order valence-electron chi connectivity index (χ3n) is 3.85. The van der Waals surface area contributed by atoms with E-state index in [1.54, 1.807) is 20.0 Å². The minimum Gasteiger partial charge on any atom is -0.464 e. The van der Waals surface area contributed by atoms with Gasteiger partial charge in [0.15, 0.2) is 0 Å². The van der Waals surface area contributed by atoms with Crippen LogP contribution in [0.5, 0.6) is 0 Å². The lowest BCUT2D eigenvalue weighted by atomic mass is 9.92.